The Bertz CT molecular complexity index is 348. The van der Waals surface area contributed by atoms with Gasteiger partial charge in [-0.2, -0.15) is 0 Å². The molecule has 1 rings (SSSR count). The fourth-order valence-electron chi connectivity index (χ4n) is 0.963. The normalized spacial score (nSPS) is 9.79. The van der Waals surface area contributed by atoms with Gasteiger partial charge in [0, 0.05) is 17.1 Å². The second kappa shape index (κ2) is 5.64. The molecule has 0 spiro atoms. The van der Waals surface area contributed by atoms with Crippen molar-refractivity contribution in [3.8, 4) is 0 Å². The monoisotopic (exact) mass is 189 g/mol. The van der Waals surface area contributed by atoms with Crippen LogP contribution in [0.1, 0.15) is 5.56 Å². The van der Waals surface area contributed by atoms with Gasteiger partial charge in [0.05, 0.1) is 0 Å². The summed E-state index contributed by atoms with van der Waals surface area (Å²) < 4.78 is 0. The van der Waals surface area contributed by atoms with Gasteiger partial charge >= 0.3 is 0 Å². The van der Waals surface area contributed by atoms with Crippen molar-refractivity contribution in [3.63, 3.8) is 0 Å². The van der Waals surface area contributed by atoms with E-state index in [0.717, 1.165) is 11.3 Å². The van der Waals surface area contributed by atoms with Crippen LogP contribution in [0.5, 0.6) is 0 Å². The van der Waals surface area contributed by atoms with Gasteiger partial charge in [-0.05, 0) is 23.2 Å². The second-order valence-corrected chi connectivity index (χ2v) is 2.58. The minimum absolute atomic E-state index is 0.368. The Morgan fingerprint density at radius 3 is 2.71 bits per heavy atom. The van der Waals surface area contributed by atoms with Gasteiger partial charge in [-0.1, -0.05) is 29.4 Å². The van der Waals surface area contributed by atoms with Crippen molar-refractivity contribution in [2.45, 2.75) is 0 Å². The molecule has 14 heavy (non-hydrogen) atoms. The summed E-state index contributed by atoms with van der Waals surface area (Å²) in [5.41, 5.74) is 12.5. The fraction of sp³-hybridized carbons (Fsp3) is 0.111. The molecule has 72 valence electrons. The highest BCUT2D eigenvalue weighted by Gasteiger charge is 1.87. The van der Waals surface area contributed by atoms with Gasteiger partial charge in [-0.3, -0.25) is 5.84 Å². The molecule has 0 saturated heterocycles. The lowest BCUT2D eigenvalue weighted by atomic mass is 10.2. The van der Waals surface area contributed by atoms with Gasteiger partial charge in [0.2, 0.25) is 0 Å². The highest BCUT2D eigenvalue weighted by Crippen LogP contribution is 2.08. The van der Waals surface area contributed by atoms with Crippen molar-refractivity contribution in [3.05, 3.63) is 46.3 Å². The molecule has 5 nitrogen and oxygen atoms in total. The number of nitrogens with two attached hydrogens (primary N) is 1. The van der Waals surface area contributed by atoms with E-state index in [9.17, 15) is 0 Å². The molecule has 1 aromatic rings. The van der Waals surface area contributed by atoms with Crippen LogP contribution in [0.25, 0.3) is 16.5 Å². The molecule has 0 aliphatic heterocycles. The summed E-state index contributed by atoms with van der Waals surface area (Å²) in [7, 11) is 0. The van der Waals surface area contributed by atoms with Gasteiger partial charge in [0.25, 0.3) is 0 Å². The van der Waals surface area contributed by atoms with Gasteiger partial charge in [0.15, 0.2) is 0 Å². The number of benzene rings is 1. The zero-order valence-electron chi connectivity index (χ0n) is 7.59. The maximum Gasteiger partial charge on any atom is 0.0485 e. The zero-order chi connectivity index (χ0) is 10.2. The molecule has 0 heterocycles. The molecular weight excluding hydrogens is 178 g/mol. The molecule has 0 atom stereocenters. The average Bonchev–Trinajstić information content (AvgIpc) is 2.25. The Kier molecular flexibility index (Phi) is 4.07. The van der Waals surface area contributed by atoms with E-state index < -0.39 is 0 Å². The van der Waals surface area contributed by atoms with Crippen LogP contribution in [0, 0.1) is 0 Å². The molecule has 5 heteroatoms. The number of rotatable bonds is 4. The summed E-state index contributed by atoms with van der Waals surface area (Å²) in [5, 5.41) is 3.38. The second-order valence-electron chi connectivity index (χ2n) is 2.58. The van der Waals surface area contributed by atoms with Gasteiger partial charge in [-0.15, -0.1) is 0 Å². The lowest BCUT2D eigenvalue weighted by Crippen LogP contribution is -2.05. The summed E-state index contributed by atoms with van der Waals surface area (Å²) in [5.74, 6) is 5.22. The van der Waals surface area contributed by atoms with E-state index in [1.165, 1.54) is 0 Å². The lowest BCUT2D eigenvalue weighted by molar-refractivity contribution is 1.22. The average molecular weight is 189 g/mol. The highest BCUT2D eigenvalue weighted by atomic mass is 15.2. The Morgan fingerprint density at radius 2 is 2.14 bits per heavy atom. The van der Waals surface area contributed by atoms with Crippen LogP contribution in [-0.2, 0) is 0 Å². The Hall–Kier alpha value is -1.97. The standard InChI is InChI=1S/C9H11N5/c10-13-9-5-3-8(4-6-9)2-1-7-12-14-11/h1-6,13H,7,10H2. The highest BCUT2D eigenvalue weighted by molar-refractivity contribution is 5.54. The largest absolute Gasteiger partial charge is 0.324 e. The third-order valence-corrected chi connectivity index (χ3v) is 1.64. The van der Waals surface area contributed by atoms with E-state index in [1.54, 1.807) is 6.08 Å². The van der Waals surface area contributed by atoms with Gasteiger partial charge in [-0.25, -0.2) is 0 Å². The van der Waals surface area contributed by atoms with E-state index in [2.05, 4.69) is 15.5 Å². The van der Waals surface area contributed by atoms with E-state index in [-0.39, 0.29) is 0 Å². The molecule has 0 amide bonds. The molecule has 0 aliphatic carbocycles. The van der Waals surface area contributed by atoms with Crippen molar-refractivity contribution in [1.29, 1.82) is 0 Å². The number of nitrogens with one attached hydrogen (secondary N) is 1. The summed E-state index contributed by atoms with van der Waals surface area (Å²) in [4.78, 5) is 2.64. The van der Waals surface area contributed by atoms with Crippen molar-refractivity contribution in [2.24, 2.45) is 11.0 Å². The topological polar surface area (TPSA) is 86.8 Å². The van der Waals surface area contributed by atoms with Crippen LogP contribution in [0.4, 0.5) is 5.69 Å². The van der Waals surface area contributed by atoms with E-state index in [0.29, 0.717) is 6.54 Å². The fourth-order valence-corrected chi connectivity index (χ4v) is 0.963. The van der Waals surface area contributed by atoms with E-state index >= 15 is 0 Å². The van der Waals surface area contributed by atoms with Gasteiger partial charge in [0.1, 0.15) is 0 Å². The zero-order valence-corrected chi connectivity index (χ0v) is 7.59. The number of nitrogen functional groups attached to an aromatic ring is 1. The SMILES string of the molecule is [N-]=[N+]=NCC=Cc1ccc(NN)cc1. The number of hydrazine groups is 1. The molecule has 0 aliphatic rings. The molecule has 0 unspecified atom stereocenters. The summed E-state index contributed by atoms with van der Waals surface area (Å²) in [6.07, 6.45) is 3.68. The molecule has 1 aromatic carbocycles. The van der Waals surface area contributed by atoms with Gasteiger partial charge < -0.3 is 5.43 Å². The number of hydrogen-bond acceptors (Lipinski definition) is 3. The first-order valence-corrected chi connectivity index (χ1v) is 4.11. The lowest BCUT2D eigenvalue weighted by Gasteiger charge is -1.98. The van der Waals surface area contributed by atoms with Crippen LogP contribution in [0.3, 0.4) is 0 Å². The molecule has 3 N–H and O–H groups in total. The third-order valence-electron chi connectivity index (χ3n) is 1.64. The maximum atomic E-state index is 8.03. The first kappa shape index (κ1) is 10.1. The van der Waals surface area contributed by atoms with Crippen molar-refractivity contribution < 1.29 is 0 Å². The van der Waals surface area contributed by atoms with E-state index in [4.69, 9.17) is 11.4 Å². The number of nitrogens with zero attached hydrogens (tertiary/aromatic N) is 3. The maximum absolute atomic E-state index is 8.03. The number of azide groups is 1. The van der Waals surface area contributed by atoms with Crippen LogP contribution >= 0.6 is 0 Å². The summed E-state index contributed by atoms with van der Waals surface area (Å²) >= 11 is 0. The smallest absolute Gasteiger partial charge is 0.0485 e. The molecule has 0 fully saturated rings. The Balaban J connectivity index is 2.59. The Morgan fingerprint density at radius 1 is 1.43 bits per heavy atom. The molecule has 0 saturated carbocycles. The molecule has 0 aromatic heterocycles. The van der Waals surface area contributed by atoms with Crippen LogP contribution in [0.2, 0.25) is 0 Å². The van der Waals surface area contributed by atoms with Crippen molar-refractivity contribution in [2.75, 3.05) is 12.0 Å². The summed E-state index contributed by atoms with van der Waals surface area (Å²) in [6, 6.07) is 7.57. The minimum Gasteiger partial charge on any atom is -0.324 e. The number of anilines is 1. The van der Waals surface area contributed by atoms with Crippen molar-refractivity contribution >= 4 is 11.8 Å². The first-order chi connectivity index (χ1) is 6.86. The van der Waals surface area contributed by atoms with Crippen LogP contribution in [-0.4, -0.2) is 6.54 Å². The first-order valence-electron chi connectivity index (χ1n) is 4.11. The Labute approximate surface area is 81.8 Å². The molecular formula is C9H11N5. The van der Waals surface area contributed by atoms with Crippen molar-refractivity contribution in [1.82, 2.24) is 0 Å². The molecule has 0 bridgehead atoms. The molecule has 0 radical (unpaired) electrons. The van der Waals surface area contributed by atoms with Crippen LogP contribution in [0.15, 0.2) is 35.5 Å². The quantitative estimate of drug-likeness (QED) is 0.250. The third kappa shape index (κ3) is 3.18. The predicted molar refractivity (Wildman–Crippen MR) is 57.3 cm³/mol. The van der Waals surface area contributed by atoms with Crippen LogP contribution < -0.4 is 11.3 Å². The number of hydrogen-bond donors (Lipinski definition) is 2. The van der Waals surface area contributed by atoms with E-state index in [1.807, 2.05) is 30.3 Å². The predicted octanol–water partition coefficient (Wildman–Crippen LogP) is 2.30. The minimum atomic E-state index is 0.368. The summed E-state index contributed by atoms with van der Waals surface area (Å²) in [6.45, 7) is 0.368.